The Hall–Kier alpha value is -1.74. The number of Topliss-reactive ketones (excluding diaryl/α,β-unsaturated/α-hetero) is 2. The van der Waals surface area contributed by atoms with Crippen LogP contribution in [0.5, 0.6) is 0 Å². The molecule has 25 heavy (non-hydrogen) atoms. The highest BCUT2D eigenvalue weighted by atomic mass is 79.9. The highest BCUT2D eigenvalue weighted by Crippen LogP contribution is 2.18. The van der Waals surface area contributed by atoms with E-state index in [1.54, 1.807) is 6.92 Å². The smallest absolute Gasteiger partial charge is 0.173 e. The van der Waals surface area contributed by atoms with Crippen LogP contribution < -0.4 is 0 Å². The molecule has 0 aliphatic carbocycles. The summed E-state index contributed by atoms with van der Waals surface area (Å²) in [7, 11) is 0. The molecule has 3 heteroatoms. The maximum atomic E-state index is 11.5. The minimum Gasteiger partial charge on any atom is -0.294 e. The van der Waals surface area contributed by atoms with Gasteiger partial charge in [0.05, 0.1) is 5.33 Å². The molecule has 0 N–H and O–H groups in total. The van der Waals surface area contributed by atoms with Gasteiger partial charge in [0.15, 0.2) is 11.6 Å². The van der Waals surface area contributed by atoms with Gasteiger partial charge < -0.3 is 0 Å². The maximum Gasteiger partial charge on any atom is 0.173 e. The van der Waals surface area contributed by atoms with Crippen molar-refractivity contribution >= 4 is 27.5 Å². The molecule has 0 fully saturated rings. The zero-order valence-electron chi connectivity index (χ0n) is 16.2. The molecule has 0 bridgehead atoms. The topological polar surface area (TPSA) is 34.1 Å². The Morgan fingerprint density at radius 1 is 0.720 bits per heavy atom. The third-order valence-electron chi connectivity index (χ3n) is 4.11. The molecule has 0 unspecified atom stereocenters. The van der Waals surface area contributed by atoms with Crippen LogP contribution >= 0.6 is 15.9 Å². The molecule has 2 aromatic rings. The van der Waals surface area contributed by atoms with E-state index in [-0.39, 0.29) is 11.6 Å². The largest absolute Gasteiger partial charge is 0.294 e. The Balaban J connectivity index is 0.000000251. The number of rotatable bonds is 3. The second kappa shape index (κ2) is 9.10. The molecule has 134 valence electrons. The summed E-state index contributed by atoms with van der Waals surface area (Å²) >= 11 is 3.19. The molecule has 0 saturated heterocycles. The summed E-state index contributed by atoms with van der Waals surface area (Å²) in [6.07, 6.45) is 0. The number of ketones is 2. The van der Waals surface area contributed by atoms with Crippen LogP contribution in [0.15, 0.2) is 24.3 Å². The maximum absolute atomic E-state index is 11.5. The minimum absolute atomic E-state index is 0.157. The van der Waals surface area contributed by atoms with E-state index in [1.165, 1.54) is 11.1 Å². The summed E-state index contributed by atoms with van der Waals surface area (Å²) in [6, 6.07) is 8.18. The van der Waals surface area contributed by atoms with Crippen molar-refractivity contribution in [1.29, 1.82) is 0 Å². The van der Waals surface area contributed by atoms with Gasteiger partial charge in [-0.15, -0.1) is 0 Å². The minimum atomic E-state index is 0.157. The molecule has 0 aromatic heterocycles. The van der Waals surface area contributed by atoms with Gasteiger partial charge in [-0.3, -0.25) is 9.59 Å². The highest BCUT2D eigenvalue weighted by Gasteiger charge is 2.10. The highest BCUT2D eigenvalue weighted by molar-refractivity contribution is 9.09. The molecular weight excluding hydrogens is 376 g/mol. The van der Waals surface area contributed by atoms with E-state index in [0.717, 1.165) is 33.4 Å². The van der Waals surface area contributed by atoms with Gasteiger partial charge in [-0.2, -0.15) is 0 Å². The summed E-state index contributed by atoms with van der Waals surface area (Å²) in [6.45, 7) is 13.6. The first kappa shape index (κ1) is 21.3. The van der Waals surface area contributed by atoms with Gasteiger partial charge in [0.1, 0.15) is 0 Å². The molecule has 0 aliphatic heterocycles. The molecule has 0 aliphatic rings. The fourth-order valence-corrected chi connectivity index (χ4v) is 3.70. The Morgan fingerprint density at radius 2 is 1.04 bits per heavy atom. The number of carbonyl (C=O) groups is 2. The fourth-order valence-electron chi connectivity index (χ4n) is 3.42. The lowest BCUT2D eigenvalue weighted by molar-refractivity contribution is 0.101. The quantitative estimate of drug-likeness (QED) is 0.465. The first-order valence-corrected chi connectivity index (χ1v) is 9.46. The van der Waals surface area contributed by atoms with Crippen LogP contribution in [0.25, 0.3) is 0 Å². The van der Waals surface area contributed by atoms with E-state index in [0.29, 0.717) is 5.33 Å². The van der Waals surface area contributed by atoms with Gasteiger partial charge in [-0.1, -0.05) is 51.3 Å². The number of hydrogen-bond acceptors (Lipinski definition) is 2. The second-order valence-corrected chi connectivity index (χ2v) is 7.22. The normalized spacial score (nSPS) is 10.1. The van der Waals surface area contributed by atoms with Crippen molar-refractivity contribution in [3.05, 3.63) is 68.8 Å². The lowest BCUT2D eigenvalue weighted by Gasteiger charge is -2.08. The molecule has 0 amide bonds. The average molecular weight is 403 g/mol. The molecule has 0 heterocycles. The molecule has 2 aromatic carbocycles. The predicted octanol–water partition coefficient (Wildman–Crippen LogP) is 6.00. The van der Waals surface area contributed by atoms with Gasteiger partial charge in [0.25, 0.3) is 0 Å². The van der Waals surface area contributed by atoms with E-state index < -0.39 is 0 Å². The number of aryl methyl sites for hydroxylation is 6. The summed E-state index contributed by atoms with van der Waals surface area (Å²) in [5, 5.41) is 0.401. The first-order chi connectivity index (χ1) is 11.6. The van der Waals surface area contributed by atoms with Crippen LogP contribution in [0.1, 0.15) is 61.0 Å². The van der Waals surface area contributed by atoms with Gasteiger partial charge >= 0.3 is 0 Å². The summed E-state index contributed by atoms with van der Waals surface area (Å²) in [5.41, 5.74) is 8.48. The lowest BCUT2D eigenvalue weighted by Crippen LogP contribution is -2.05. The standard InChI is InChI=1S/C11H13BrO.C11H14O/c1-7-4-8(2)11(9(3)5-7)10(13)6-12;1-7-5-8(2)11(10(4)12)9(3)6-7/h4-5H,6H2,1-3H3;5-6H,1-4H3. The molecule has 0 saturated carbocycles. The molecule has 0 atom stereocenters. The van der Waals surface area contributed by atoms with Crippen molar-refractivity contribution in [1.82, 2.24) is 0 Å². The molecular formula is C22H27BrO2. The van der Waals surface area contributed by atoms with Crippen LogP contribution in [-0.4, -0.2) is 16.9 Å². The average Bonchev–Trinajstić information content (AvgIpc) is 2.44. The number of benzene rings is 2. The lowest BCUT2D eigenvalue weighted by atomic mass is 9.97. The Bertz CT molecular complexity index is 758. The number of alkyl halides is 1. The Kier molecular flexibility index (Phi) is 7.75. The van der Waals surface area contributed by atoms with Crippen molar-refractivity contribution in [3.63, 3.8) is 0 Å². The Morgan fingerprint density at radius 3 is 1.32 bits per heavy atom. The van der Waals surface area contributed by atoms with Gasteiger partial charge in [-0.25, -0.2) is 0 Å². The van der Waals surface area contributed by atoms with Crippen molar-refractivity contribution in [2.24, 2.45) is 0 Å². The Labute approximate surface area is 159 Å². The summed E-state index contributed by atoms with van der Waals surface area (Å²) < 4.78 is 0. The summed E-state index contributed by atoms with van der Waals surface area (Å²) in [4.78, 5) is 22.7. The molecule has 0 radical (unpaired) electrons. The molecule has 2 rings (SSSR count). The zero-order valence-corrected chi connectivity index (χ0v) is 17.8. The number of hydrogen-bond donors (Lipinski definition) is 0. The van der Waals surface area contributed by atoms with Crippen molar-refractivity contribution in [2.75, 3.05) is 5.33 Å². The number of halogens is 1. The molecule has 2 nitrogen and oxygen atoms in total. The van der Waals surface area contributed by atoms with Gasteiger partial charge in [0.2, 0.25) is 0 Å². The zero-order chi connectivity index (χ0) is 19.3. The van der Waals surface area contributed by atoms with E-state index >= 15 is 0 Å². The van der Waals surface area contributed by atoms with Crippen LogP contribution in [0, 0.1) is 41.5 Å². The van der Waals surface area contributed by atoms with Gasteiger partial charge in [0, 0.05) is 11.1 Å². The summed E-state index contributed by atoms with van der Waals surface area (Å²) in [5.74, 6) is 0.319. The van der Waals surface area contributed by atoms with Crippen LogP contribution in [0.3, 0.4) is 0 Å². The van der Waals surface area contributed by atoms with Crippen molar-refractivity contribution in [3.8, 4) is 0 Å². The van der Waals surface area contributed by atoms with Crippen LogP contribution in [-0.2, 0) is 0 Å². The number of carbonyl (C=O) groups excluding carboxylic acids is 2. The van der Waals surface area contributed by atoms with E-state index in [4.69, 9.17) is 0 Å². The van der Waals surface area contributed by atoms with Crippen LogP contribution in [0.4, 0.5) is 0 Å². The second-order valence-electron chi connectivity index (χ2n) is 6.66. The monoisotopic (exact) mass is 402 g/mol. The third kappa shape index (κ3) is 5.64. The van der Waals surface area contributed by atoms with Gasteiger partial charge in [-0.05, 0) is 70.7 Å². The van der Waals surface area contributed by atoms with Crippen LogP contribution in [0.2, 0.25) is 0 Å². The van der Waals surface area contributed by atoms with Crippen molar-refractivity contribution in [2.45, 2.75) is 48.5 Å². The van der Waals surface area contributed by atoms with E-state index in [1.807, 2.05) is 65.8 Å². The fraction of sp³-hybridized carbons (Fsp3) is 0.364. The van der Waals surface area contributed by atoms with E-state index in [2.05, 4.69) is 15.9 Å². The van der Waals surface area contributed by atoms with E-state index in [9.17, 15) is 9.59 Å². The first-order valence-electron chi connectivity index (χ1n) is 8.34. The molecule has 0 spiro atoms. The predicted molar refractivity (Wildman–Crippen MR) is 109 cm³/mol. The third-order valence-corrected chi connectivity index (χ3v) is 4.62. The van der Waals surface area contributed by atoms with Crippen molar-refractivity contribution < 1.29 is 9.59 Å². The SMILES string of the molecule is CC(=O)c1c(C)cc(C)cc1C.Cc1cc(C)c(C(=O)CBr)c(C)c1.